The van der Waals surface area contributed by atoms with E-state index in [-0.39, 0.29) is 0 Å². The van der Waals surface area contributed by atoms with E-state index in [0.29, 0.717) is 11.6 Å². The van der Waals surface area contributed by atoms with E-state index in [4.69, 9.17) is 0 Å². The van der Waals surface area contributed by atoms with Gasteiger partial charge in [0, 0.05) is 42.8 Å². The lowest BCUT2D eigenvalue weighted by Crippen LogP contribution is -2.52. The summed E-state index contributed by atoms with van der Waals surface area (Å²) in [6, 6.07) is 12.8. The van der Waals surface area contributed by atoms with Gasteiger partial charge in [0.15, 0.2) is 5.82 Å². The lowest BCUT2D eigenvalue weighted by Gasteiger charge is -2.40. The van der Waals surface area contributed by atoms with E-state index in [1.807, 2.05) is 18.2 Å². The molecule has 5 nitrogen and oxygen atoms in total. The molecule has 2 fully saturated rings. The van der Waals surface area contributed by atoms with Crippen LogP contribution in [0.3, 0.4) is 0 Å². The molecule has 1 saturated heterocycles. The lowest BCUT2D eigenvalue weighted by atomic mass is 10.1. The number of carbonyl (C=O) groups is 1. The fourth-order valence-electron chi connectivity index (χ4n) is 3.46. The van der Waals surface area contributed by atoms with Crippen molar-refractivity contribution < 1.29 is 4.79 Å². The van der Waals surface area contributed by atoms with Crippen molar-refractivity contribution in [2.75, 3.05) is 24.5 Å². The largest absolute Gasteiger partial charge is 0.350 e. The highest BCUT2D eigenvalue weighted by molar-refractivity contribution is 5.76. The first-order valence-corrected chi connectivity index (χ1v) is 8.64. The molecule has 1 unspecified atom stereocenters. The Morgan fingerprint density at radius 1 is 1.04 bits per heavy atom. The van der Waals surface area contributed by atoms with Gasteiger partial charge in [-0.3, -0.25) is 9.69 Å². The van der Waals surface area contributed by atoms with Crippen molar-refractivity contribution in [3.05, 3.63) is 42.0 Å². The number of hydrogen-bond acceptors (Lipinski definition) is 5. The van der Waals surface area contributed by atoms with E-state index >= 15 is 0 Å². The normalized spacial score (nSPS) is 21.7. The van der Waals surface area contributed by atoms with Crippen LogP contribution in [0.5, 0.6) is 0 Å². The number of anilines is 1. The first-order chi connectivity index (χ1) is 11.7. The van der Waals surface area contributed by atoms with Crippen LogP contribution in [0.15, 0.2) is 36.4 Å². The minimum absolute atomic E-state index is 0.464. The Hall–Kier alpha value is -2.27. The van der Waals surface area contributed by atoms with Crippen LogP contribution in [0.4, 0.5) is 5.82 Å². The molecule has 0 amide bonds. The topological polar surface area (TPSA) is 49.3 Å². The molecule has 2 heterocycles. The molecule has 1 saturated carbocycles. The summed E-state index contributed by atoms with van der Waals surface area (Å²) in [7, 11) is 0. The van der Waals surface area contributed by atoms with Crippen molar-refractivity contribution in [3.8, 4) is 11.3 Å². The van der Waals surface area contributed by atoms with Gasteiger partial charge in [-0.25, -0.2) is 0 Å². The molecule has 124 valence electrons. The van der Waals surface area contributed by atoms with Gasteiger partial charge in [-0.15, -0.1) is 10.2 Å². The number of aromatic nitrogens is 2. The quantitative estimate of drug-likeness (QED) is 0.810. The zero-order chi connectivity index (χ0) is 16.5. The van der Waals surface area contributed by atoms with Crippen LogP contribution in [0.2, 0.25) is 0 Å². The first-order valence-electron chi connectivity index (χ1n) is 8.64. The van der Waals surface area contributed by atoms with Crippen LogP contribution in [0, 0.1) is 0 Å². The van der Waals surface area contributed by atoms with Gasteiger partial charge in [-0.2, -0.15) is 0 Å². The third kappa shape index (κ3) is 3.04. The second kappa shape index (κ2) is 6.32. The van der Waals surface area contributed by atoms with Crippen LogP contribution in [-0.4, -0.2) is 53.1 Å². The SMILES string of the molecule is CC1CN(C2CC2)CCN1c1ccc(-c2ccc(C=O)cc2)nn1. The molecule has 1 aromatic heterocycles. The van der Waals surface area contributed by atoms with Crippen molar-refractivity contribution in [2.45, 2.75) is 31.8 Å². The van der Waals surface area contributed by atoms with E-state index in [2.05, 4.69) is 33.0 Å². The smallest absolute Gasteiger partial charge is 0.151 e. The monoisotopic (exact) mass is 322 g/mol. The van der Waals surface area contributed by atoms with Crippen molar-refractivity contribution in [1.82, 2.24) is 15.1 Å². The Morgan fingerprint density at radius 2 is 1.83 bits per heavy atom. The molecule has 0 radical (unpaired) electrons. The summed E-state index contributed by atoms with van der Waals surface area (Å²) >= 11 is 0. The van der Waals surface area contributed by atoms with Crippen LogP contribution in [-0.2, 0) is 0 Å². The average molecular weight is 322 g/mol. The van der Waals surface area contributed by atoms with Gasteiger partial charge >= 0.3 is 0 Å². The highest BCUT2D eigenvalue weighted by atomic mass is 16.1. The maximum Gasteiger partial charge on any atom is 0.151 e. The molecule has 4 rings (SSSR count). The maximum atomic E-state index is 10.7. The molecule has 1 atom stereocenters. The van der Waals surface area contributed by atoms with Gasteiger partial charge < -0.3 is 4.90 Å². The second-order valence-corrected chi connectivity index (χ2v) is 6.79. The van der Waals surface area contributed by atoms with Crippen molar-refractivity contribution >= 4 is 12.1 Å². The van der Waals surface area contributed by atoms with Crippen LogP contribution in [0.25, 0.3) is 11.3 Å². The molecule has 1 aliphatic heterocycles. The predicted octanol–water partition coefficient (Wildman–Crippen LogP) is 2.63. The number of hydrogen-bond donors (Lipinski definition) is 0. The standard InChI is InChI=1S/C19H22N4O/c1-14-12-22(17-6-7-17)10-11-23(14)19-9-8-18(20-21-19)16-4-2-15(13-24)3-5-16/h2-5,8-9,13-14,17H,6-7,10-12H2,1H3. The second-order valence-electron chi connectivity index (χ2n) is 6.79. The minimum Gasteiger partial charge on any atom is -0.350 e. The Morgan fingerprint density at radius 3 is 2.42 bits per heavy atom. The first kappa shape index (κ1) is 15.3. The molecule has 0 spiro atoms. The third-order valence-corrected chi connectivity index (χ3v) is 5.01. The van der Waals surface area contributed by atoms with E-state index in [1.54, 1.807) is 12.1 Å². The van der Waals surface area contributed by atoms with Gasteiger partial charge in [0.25, 0.3) is 0 Å². The maximum absolute atomic E-state index is 10.7. The summed E-state index contributed by atoms with van der Waals surface area (Å²) < 4.78 is 0. The molecular weight excluding hydrogens is 300 g/mol. The van der Waals surface area contributed by atoms with Crippen molar-refractivity contribution in [3.63, 3.8) is 0 Å². The summed E-state index contributed by atoms with van der Waals surface area (Å²) in [5, 5.41) is 8.83. The fraction of sp³-hybridized carbons (Fsp3) is 0.421. The number of aldehydes is 1. The van der Waals surface area contributed by atoms with E-state index in [1.165, 1.54) is 12.8 Å². The van der Waals surface area contributed by atoms with Crippen LogP contribution < -0.4 is 4.90 Å². The van der Waals surface area contributed by atoms with E-state index < -0.39 is 0 Å². The summed E-state index contributed by atoms with van der Waals surface area (Å²) in [6.07, 6.45) is 3.58. The number of carbonyl (C=O) groups excluding carboxylic acids is 1. The Bertz CT molecular complexity index is 709. The molecule has 2 aromatic rings. The molecule has 5 heteroatoms. The fourth-order valence-corrected chi connectivity index (χ4v) is 3.46. The molecule has 1 aliphatic carbocycles. The average Bonchev–Trinajstić information content (AvgIpc) is 3.47. The van der Waals surface area contributed by atoms with Crippen LogP contribution >= 0.6 is 0 Å². The molecule has 24 heavy (non-hydrogen) atoms. The van der Waals surface area contributed by atoms with Crippen LogP contribution in [0.1, 0.15) is 30.1 Å². The zero-order valence-electron chi connectivity index (χ0n) is 13.9. The van der Waals surface area contributed by atoms with Gasteiger partial charge in [0.05, 0.1) is 5.69 Å². The van der Waals surface area contributed by atoms with Crippen molar-refractivity contribution in [2.24, 2.45) is 0 Å². The Labute approximate surface area is 142 Å². The number of piperazine rings is 1. The Kier molecular flexibility index (Phi) is 4.02. The highest BCUT2D eigenvalue weighted by Crippen LogP contribution is 2.30. The molecule has 0 N–H and O–H groups in total. The van der Waals surface area contributed by atoms with Gasteiger partial charge in [-0.1, -0.05) is 24.3 Å². The number of rotatable bonds is 4. The van der Waals surface area contributed by atoms with E-state index in [9.17, 15) is 4.79 Å². The number of nitrogens with zero attached hydrogens (tertiary/aromatic N) is 4. The summed E-state index contributed by atoms with van der Waals surface area (Å²) in [4.78, 5) is 15.7. The van der Waals surface area contributed by atoms with Gasteiger partial charge in [-0.05, 0) is 31.9 Å². The molecular formula is C19H22N4O. The Balaban J connectivity index is 1.47. The predicted molar refractivity (Wildman–Crippen MR) is 94.3 cm³/mol. The summed E-state index contributed by atoms with van der Waals surface area (Å²) in [5.74, 6) is 0.950. The molecule has 0 bridgehead atoms. The minimum atomic E-state index is 0.464. The lowest BCUT2D eigenvalue weighted by molar-refractivity contribution is 0.112. The summed E-state index contributed by atoms with van der Waals surface area (Å²) in [6.45, 7) is 5.51. The highest BCUT2D eigenvalue weighted by Gasteiger charge is 2.34. The van der Waals surface area contributed by atoms with E-state index in [0.717, 1.165) is 49.0 Å². The van der Waals surface area contributed by atoms with Gasteiger partial charge in [0.2, 0.25) is 0 Å². The molecule has 2 aliphatic rings. The van der Waals surface area contributed by atoms with Crippen molar-refractivity contribution in [1.29, 1.82) is 0 Å². The third-order valence-electron chi connectivity index (χ3n) is 5.01. The summed E-state index contributed by atoms with van der Waals surface area (Å²) in [5.41, 5.74) is 2.48. The van der Waals surface area contributed by atoms with Gasteiger partial charge in [0.1, 0.15) is 6.29 Å². The number of benzene rings is 1. The molecule has 1 aromatic carbocycles. The zero-order valence-corrected chi connectivity index (χ0v) is 13.9.